The van der Waals surface area contributed by atoms with Gasteiger partial charge in [-0.15, -0.1) is 0 Å². The second kappa shape index (κ2) is 6.00. The maximum atomic E-state index is 8.88. The minimum Gasteiger partial charge on any atom is -0.377 e. The van der Waals surface area contributed by atoms with E-state index in [2.05, 4.69) is 30.3 Å². The van der Waals surface area contributed by atoms with Crippen LogP contribution < -0.4 is 0 Å². The lowest BCUT2D eigenvalue weighted by Gasteiger charge is -2.05. The first-order valence-corrected chi connectivity index (χ1v) is 6.00. The van der Waals surface area contributed by atoms with Crippen molar-refractivity contribution in [2.45, 2.75) is 13.5 Å². The van der Waals surface area contributed by atoms with Gasteiger partial charge in [-0.2, -0.15) is 5.26 Å². The third-order valence-corrected chi connectivity index (χ3v) is 2.75. The van der Waals surface area contributed by atoms with Crippen LogP contribution in [0.3, 0.4) is 0 Å². The number of nitriles is 1. The first-order valence-electron chi connectivity index (χ1n) is 6.00. The first kappa shape index (κ1) is 12.3. The average Bonchev–Trinajstić information content (AvgIpc) is 2.46. The molecule has 2 nitrogen and oxygen atoms in total. The van der Waals surface area contributed by atoms with Gasteiger partial charge in [-0.05, 0) is 35.7 Å². The molecule has 0 aliphatic heterocycles. The third-order valence-electron chi connectivity index (χ3n) is 2.75. The summed E-state index contributed by atoms with van der Waals surface area (Å²) in [6, 6.07) is 18.0. The van der Waals surface area contributed by atoms with Crippen molar-refractivity contribution in [2.24, 2.45) is 0 Å². The molecule has 0 spiro atoms. The van der Waals surface area contributed by atoms with E-state index in [1.165, 1.54) is 0 Å². The van der Waals surface area contributed by atoms with Crippen LogP contribution in [0.4, 0.5) is 0 Å². The Hall–Kier alpha value is -2.11. The maximum Gasteiger partial charge on any atom is 0.0991 e. The van der Waals surface area contributed by atoms with E-state index in [4.69, 9.17) is 10.00 Å². The lowest BCUT2D eigenvalue weighted by Crippen LogP contribution is -1.91. The summed E-state index contributed by atoms with van der Waals surface area (Å²) in [6.07, 6.45) is 0. The normalized spacial score (nSPS) is 10.0. The Morgan fingerprint density at radius 3 is 2.50 bits per heavy atom. The molecule has 0 saturated heterocycles. The Morgan fingerprint density at radius 1 is 1.06 bits per heavy atom. The standard InChI is InChI=1S/C16H15NO/c1-2-18-12-13-6-8-15(9-7-13)16-5-3-4-14(10-16)11-17/h3-10H,2,12H2,1H3. The molecule has 0 radical (unpaired) electrons. The van der Waals surface area contributed by atoms with E-state index in [0.29, 0.717) is 12.2 Å². The number of nitrogens with zero attached hydrogens (tertiary/aromatic N) is 1. The molecule has 2 heteroatoms. The lowest BCUT2D eigenvalue weighted by molar-refractivity contribution is 0.134. The van der Waals surface area contributed by atoms with Gasteiger partial charge in [0.2, 0.25) is 0 Å². The summed E-state index contributed by atoms with van der Waals surface area (Å²) in [5, 5.41) is 8.88. The van der Waals surface area contributed by atoms with E-state index in [-0.39, 0.29) is 0 Å². The molecule has 2 aromatic carbocycles. The van der Waals surface area contributed by atoms with Gasteiger partial charge < -0.3 is 4.74 Å². The minimum atomic E-state index is 0.648. The topological polar surface area (TPSA) is 33.0 Å². The molecule has 90 valence electrons. The summed E-state index contributed by atoms with van der Waals surface area (Å²) >= 11 is 0. The van der Waals surface area contributed by atoms with Crippen LogP contribution in [0.1, 0.15) is 18.1 Å². The molecule has 0 saturated carbocycles. The zero-order chi connectivity index (χ0) is 12.8. The molecule has 0 aliphatic carbocycles. The number of hydrogen-bond acceptors (Lipinski definition) is 2. The van der Waals surface area contributed by atoms with E-state index < -0.39 is 0 Å². The highest BCUT2D eigenvalue weighted by Crippen LogP contribution is 2.21. The van der Waals surface area contributed by atoms with E-state index >= 15 is 0 Å². The summed E-state index contributed by atoms with van der Waals surface area (Å²) in [6.45, 7) is 3.36. The van der Waals surface area contributed by atoms with Crippen molar-refractivity contribution in [3.05, 3.63) is 59.7 Å². The summed E-state index contributed by atoms with van der Waals surface area (Å²) in [5.41, 5.74) is 4.03. The second-order valence-corrected chi connectivity index (χ2v) is 4.03. The maximum absolute atomic E-state index is 8.88. The summed E-state index contributed by atoms with van der Waals surface area (Å²) < 4.78 is 5.36. The molecule has 0 aromatic heterocycles. The number of benzene rings is 2. The van der Waals surface area contributed by atoms with Gasteiger partial charge >= 0.3 is 0 Å². The fourth-order valence-corrected chi connectivity index (χ4v) is 1.78. The van der Waals surface area contributed by atoms with Gasteiger partial charge in [0.15, 0.2) is 0 Å². The third kappa shape index (κ3) is 2.97. The molecule has 0 amide bonds. The highest BCUT2D eigenvalue weighted by molar-refractivity contribution is 5.65. The van der Waals surface area contributed by atoms with Gasteiger partial charge in [0, 0.05) is 6.61 Å². The van der Waals surface area contributed by atoms with Gasteiger partial charge in [-0.3, -0.25) is 0 Å². The Kier molecular flexibility index (Phi) is 4.11. The minimum absolute atomic E-state index is 0.648. The molecule has 18 heavy (non-hydrogen) atoms. The summed E-state index contributed by atoms with van der Waals surface area (Å²) in [7, 11) is 0. The van der Waals surface area contributed by atoms with Crippen LogP contribution >= 0.6 is 0 Å². The lowest BCUT2D eigenvalue weighted by atomic mass is 10.0. The Bertz CT molecular complexity index is 552. The Balaban J connectivity index is 2.21. The van der Waals surface area contributed by atoms with Crippen LogP contribution in [0.25, 0.3) is 11.1 Å². The average molecular weight is 237 g/mol. The quantitative estimate of drug-likeness (QED) is 0.811. The van der Waals surface area contributed by atoms with Crippen molar-refractivity contribution in [1.29, 1.82) is 5.26 Å². The van der Waals surface area contributed by atoms with Crippen LogP contribution in [0.2, 0.25) is 0 Å². The van der Waals surface area contributed by atoms with E-state index in [1.54, 1.807) is 0 Å². The zero-order valence-electron chi connectivity index (χ0n) is 10.4. The van der Waals surface area contributed by atoms with Crippen LogP contribution in [0.15, 0.2) is 48.5 Å². The molecule has 0 atom stereocenters. The highest BCUT2D eigenvalue weighted by Gasteiger charge is 1.99. The summed E-state index contributed by atoms with van der Waals surface area (Å²) in [4.78, 5) is 0. The van der Waals surface area contributed by atoms with E-state index in [1.807, 2.05) is 31.2 Å². The molecular formula is C16H15NO. The van der Waals surface area contributed by atoms with Gasteiger partial charge in [0.25, 0.3) is 0 Å². The first-order chi connectivity index (χ1) is 8.83. The van der Waals surface area contributed by atoms with Gasteiger partial charge in [-0.1, -0.05) is 36.4 Å². The molecule has 0 N–H and O–H groups in total. The van der Waals surface area contributed by atoms with E-state index in [9.17, 15) is 0 Å². The summed E-state index contributed by atoms with van der Waals surface area (Å²) in [5.74, 6) is 0. The van der Waals surface area contributed by atoms with Crippen molar-refractivity contribution in [3.63, 3.8) is 0 Å². The molecule has 2 aromatic rings. The van der Waals surface area contributed by atoms with Gasteiger partial charge in [-0.25, -0.2) is 0 Å². The van der Waals surface area contributed by atoms with Crippen LogP contribution in [-0.4, -0.2) is 6.61 Å². The number of ether oxygens (including phenoxy) is 1. The van der Waals surface area contributed by atoms with E-state index in [0.717, 1.165) is 23.3 Å². The largest absolute Gasteiger partial charge is 0.377 e. The van der Waals surface area contributed by atoms with Crippen LogP contribution in [0.5, 0.6) is 0 Å². The van der Waals surface area contributed by atoms with Crippen LogP contribution in [0, 0.1) is 11.3 Å². The molecule has 0 heterocycles. The van der Waals surface area contributed by atoms with Gasteiger partial charge in [0.05, 0.1) is 18.2 Å². The van der Waals surface area contributed by atoms with Crippen molar-refractivity contribution in [3.8, 4) is 17.2 Å². The second-order valence-electron chi connectivity index (χ2n) is 4.03. The monoisotopic (exact) mass is 237 g/mol. The molecule has 0 aliphatic rings. The Morgan fingerprint density at radius 2 is 1.83 bits per heavy atom. The highest BCUT2D eigenvalue weighted by atomic mass is 16.5. The zero-order valence-corrected chi connectivity index (χ0v) is 10.4. The SMILES string of the molecule is CCOCc1ccc(-c2cccc(C#N)c2)cc1. The predicted octanol–water partition coefficient (Wildman–Crippen LogP) is 3.76. The predicted molar refractivity (Wildman–Crippen MR) is 71.9 cm³/mol. The molecule has 0 fully saturated rings. The molecule has 0 bridgehead atoms. The van der Waals surface area contributed by atoms with Gasteiger partial charge in [0.1, 0.15) is 0 Å². The van der Waals surface area contributed by atoms with Crippen molar-refractivity contribution >= 4 is 0 Å². The molecular weight excluding hydrogens is 222 g/mol. The number of rotatable bonds is 4. The van der Waals surface area contributed by atoms with Crippen molar-refractivity contribution in [2.75, 3.05) is 6.61 Å². The number of hydrogen-bond donors (Lipinski definition) is 0. The molecule has 0 unspecified atom stereocenters. The fourth-order valence-electron chi connectivity index (χ4n) is 1.78. The fraction of sp³-hybridized carbons (Fsp3) is 0.188. The van der Waals surface area contributed by atoms with Crippen molar-refractivity contribution < 1.29 is 4.74 Å². The molecule has 2 rings (SSSR count). The van der Waals surface area contributed by atoms with Crippen LogP contribution in [-0.2, 0) is 11.3 Å². The Labute approximate surface area is 107 Å². The van der Waals surface area contributed by atoms with Crippen molar-refractivity contribution in [1.82, 2.24) is 0 Å². The smallest absolute Gasteiger partial charge is 0.0991 e.